The van der Waals surface area contributed by atoms with Crippen molar-refractivity contribution in [1.82, 2.24) is 4.98 Å². The molecular weight excluding hydrogens is 401 g/mol. The highest BCUT2D eigenvalue weighted by Gasteiger charge is 2.38. The van der Waals surface area contributed by atoms with Gasteiger partial charge in [0.15, 0.2) is 10.1 Å². The highest BCUT2D eigenvalue weighted by Crippen LogP contribution is 2.41. The van der Waals surface area contributed by atoms with Gasteiger partial charge in [-0.2, -0.15) is 13.2 Å². The van der Waals surface area contributed by atoms with Crippen LogP contribution >= 0.6 is 23.1 Å². The van der Waals surface area contributed by atoms with E-state index in [1.807, 2.05) is 0 Å². The van der Waals surface area contributed by atoms with E-state index in [1.165, 1.54) is 35.2 Å². The van der Waals surface area contributed by atoms with Crippen molar-refractivity contribution in [3.63, 3.8) is 0 Å². The quantitative estimate of drug-likeness (QED) is 0.434. The Morgan fingerprint density at radius 1 is 1.30 bits per heavy atom. The molecule has 0 atom stereocenters. The predicted octanol–water partition coefficient (Wildman–Crippen LogP) is 4.69. The number of halogens is 3. The zero-order valence-electron chi connectivity index (χ0n) is 14.3. The van der Waals surface area contributed by atoms with E-state index < -0.39 is 17.5 Å². The van der Waals surface area contributed by atoms with Crippen molar-refractivity contribution < 1.29 is 27.9 Å². The number of aromatic nitrogens is 1. The fraction of sp³-hybridized carbons (Fsp3) is 0.412. The van der Waals surface area contributed by atoms with Crippen LogP contribution in [0.25, 0.3) is 0 Å². The predicted molar refractivity (Wildman–Crippen MR) is 95.8 cm³/mol. The van der Waals surface area contributed by atoms with Crippen LogP contribution < -0.4 is 0 Å². The molecule has 1 fully saturated rings. The van der Waals surface area contributed by atoms with E-state index in [0.717, 1.165) is 27.0 Å². The summed E-state index contributed by atoms with van der Waals surface area (Å²) in [7, 11) is 1.68. The molecule has 2 aromatic rings. The molecule has 1 aliphatic heterocycles. The van der Waals surface area contributed by atoms with E-state index in [0.29, 0.717) is 13.2 Å². The Hall–Kier alpha value is -1.62. The molecule has 2 heterocycles. The minimum Gasteiger partial charge on any atom is -0.410 e. The highest BCUT2D eigenvalue weighted by molar-refractivity contribution is 8.01. The van der Waals surface area contributed by atoms with Crippen LogP contribution in [0.3, 0.4) is 0 Å². The second-order valence-electron chi connectivity index (χ2n) is 5.87. The number of alkyl halides is 3. The van der Waals surface area contributed by atoms with E-state index in [1.54, 1.807) is 25.4 Å². The average molecular weight is 418 g/mol. The zero-order valence-corrected chi connectivity index (χ0v) is 16.0. The van der Waals surface area contributed by atoms with Gasteiger partial charge < -0.3 is 14.7 Å². The fourth-order valence-electron chi connectivity index (χ4n) is 2.83. The lowest BCUT2D eigenvalue weighted by atomic mass is 9.93. The number of rotatable bonds is 5. The minimum absolute atomic E-state index is 0.199. The first-order chi connectivity index (χ1) is 12.9. The van der Waals surface area contributed by atoms with Crippen LogP contribution in [0, 0.1) is 0 Å². The largest absolute Gasteiger partial charge is 0.437 e. The van der Waals surface area contributed by atoms with Crippen LogP contribution in [-0.2, 0) is 15.1 Å². The van der Waals surface area contributed by atoms with E-state index >= 15 is 0 Å². The Labute approximate surface area is 162 Å². The number of hydrogen-bond donors (Lipinski definition) is 1. The van der Waals surface area contributed by atoms with Gasteiger partial charge in [0.05, 0.1) is 4.88 Å². The van der Waals surface area contributed by atoms with Gasteiger partial charge in [-0.1, -0.05) is 29.1 Å². The molecule has 1 aliphatic rings. The molecule has 146 valence electrons. The third kappa shape index (κ3) is 4.45. The van der Waals surface area contributed by atoms with Crippen molar-refractivity contribution in [2.45, 2.75) is 33.9 Å². The maximum absolute atomic E-state index is 12.8. The standard InChI is InChI=1S/C17H17F3N2O3S2/c1-24-16(6-8-25-9-7-16)13-10-21-15(27-13)26-12-4-2-11(3-5-12)14(22-23)17(18,19)20/h2-5,10,23H,6-9H2,1H3/b22-14-. The number of benzene rings is 1. The number of hydrogen-bond acceptors (Lipinski definition) is 7. The van der Waals surface area contributed by atoms with Crippen LogP contribution in [0.2, 0.25) is 0 Å². The summed E-state index contributed by atoms with van der Waals surface area (Å²) < 4.78 is 50.3. The number of nitrogens with zero attached hydrogens (tertiary/aromatic N) is 2. The number of oxime groups is 1. The van der Waals surface area contributed by atoms with Crippen molar-refractivity contribution in [2.24, 2.45) is 5.16 Å². The van der Waals surface area contributed by atoms with Crippen LogP contribution in [0.4, 0.5) is 13.2 Å². The average Bonchev–Trinajstić information content (AvgIpc) is 3.12. The molecule has 3 rings (SSSR count). The van der Waals surface area contributed by atoms with Crippen molar-refractivity contribution in [1.29, 1.82) is 0 Å². The van der Waals surface area contributed by atoms with Crippen molar-refractivity contribution >= 4 is 28.8 Å². The molecule has 27 heavy (non-hydrogen) atoms. The van der Waals surface area contributed by atoms with Gasteiger partial charge in [-0.15, -0.1) is 11.3 Å². The molecule has 10 heteroatoms. The first-order valence-electron chi connectivity index (χ1n) is 8.05. The summed E-state index contributed by atoms with van der Waals surface area (Å²) in [6.07, 6.45) is -1.42. The van der Waals surface area contributed by atoms with Gasteiger partial charge in [0.25, 0.3) is 0 Å². The molecule has 1 aromatic carbocycles. The number of ether oxygens (including phenoxy) is 2. The molecule has 0 saturated carbocycles. The zero-order chi connectivity index (χ0) is 19.5. The summed E-state index contributed by atoms with van der Waals surface area (Å²) in [6.45, 7) is 1.26. The van der Waals surface area contributed by atoms with Gasteiger partial charge in [-0.05, 0) is 12.1 Å². The van der Waals surface area contributed by atoms with Gasteiger partial charge in [0.2, 0.25) is 0 Å². The number of methoxy groups -OCH3 is 1. The second kappa shape index (κ2) is 8.17. The van der Waals surface area contributed by atoms with Crippen LogP contribution in [0.15, 0.2) is 44.9 Å². The van der Waals surface area contributed by atoms with E-state index in [4.69, 9.17) is 14.7 Å². The Balaban J connectivity index is 1.74. The van der Waals surface area contributed by atoms with Crippen LogP contribution in [-0.4, -0.2) is 42.4 Å². The topological polar surface area (TPSA) is 63.9 Å². The molecule has 1 saturated heterocycles. The lowest BCUT2D eigenvalue weighted by Gasteiger charge is -2.34. The van der Waals surface area contributed by atoms with Crippen molar-refractivity contribution in [3.8, 4) is 0 Å². The van der Waals surface area contributed by atoms with E-state index in [9.17, 15) is 13.2 Å². The summed E-state index contributed by atoms with van der Waals surface area (Å²) in [4.78, 5) is 6.16. The van der Waals surface area contributed by atoms with Crippen molar-refractivity contribution in [3.05, 3.63) is 40.9 Å². The summed E-state index contributed by atoms with van der Waals surface area (Å²) in [6, 6.07) is 5.63. The Morgan fingerprint density at radius 2 is 1.96 bits per heavy atom. The van der Waals surface area contributed by atoms with E-state index in [-0.39, 0.29) is 5.56 Å². The van der Waals surface area contributed by atoms with Gasteiger partial charge in [0.1, 0.15) is 5.60 Å². The Kier molecular flexibility index (Phi) is 6.09. The minimum atomic E-state index is -4.72. The second-order valence-corrected chi connectivity index (χ2v) is 8.23. The molecule has 0 aliphatic carbocycles. The van der Waals surface area contributed by atoms with E-state index in [2.05, 4.69) is 10.1 Å². The molecule has 0 bridgehead atoms. The molecule has 0 amide bonds. The normalized spacial score (nSPS) is 17.9. The SMILES string of the molecule is COC1(c2cnc(Sc3ccc(/C(=N/O)C(F)(F)F)cc3)s2)CCOCC1. The third-order valence-corrected chi connectivity index (χ3v) is 6.59. The molecule has 1 aromatic heterocycles. The molecule has 0 unspecified atom stereocenters. The smallest absolute Gasteiger partial charge is 0.410 e. The molecular formula is C17H17F3N2O3S2. The summed E-state index contributed by atoms with van der Waals surface area (Å²) in [5.74, 6) is 0. The first-order valence-corrected chi connectivity index (χ1v) is 9.68. The van der Waals surface area contributed by atoms with Crippen molar-refractivity contribution in [2.75, 3.05) is 20.3 Å². The molecule has 5 nitrogen and oxygen atoms in total. The Morgan fingerprint density at radius 3 is 2.52 bits per heavy atom. The van der Waals surface area contributed by atoms with Gasteiger partial charge in [0, 0.05) is 49.8 Å². The van der Waals surface area contributed by atoms with Gasteiger partial charge >= 0.3 is 6.18 Å². The lowest BCUT2D eigenvalue weighted by molar-refractivity contribution is -0.0926. The van der Waals surface area contributed by atoms with Gasteiger partial charge in [-0.3, -0.25) is 0 Å². The molecule has 0 spiro atoms. The fourth-order valence-corrected chi connectivity index (χ4v) is 5.00. The Bertz CT molecular complexity index is 801. The molecule has 1 N–H and O–H groups in total. The lowest BCUT2D eigenvalue weighted by Crippen LogP contribution is -2.34. The van der Waals surface area contributed by atoms with Gasteiger partial charge in [-0.25, -0.2) is 4.98 Å². The summed E-state index contributed by atoms with van der Waals surface area (Å²) in [5, 5.41) is 11.0. The molecule has 0 radical (unpaired) electrons. The third-order valence-electron chi connectivity index (χ3n) is 4.33. The van der Waals surface area contributed by atoms with Crippen LogP contribution in [0.5, 0.6) is 0 Å². The van der Waals surface area contributed by atoms with Crippen LogP contribution in [0.1, 0.15) is 23.3 Å². The first kappa shape index (κ1) is 20.1. The highest BCUT2D eigenvalue weighted by atomic mass is 32.2. The number of thiazole rings is 1. The maximum Gasteiger partial charge on any atom is 0.437 e. The maximum atomic E-state index is 12.8. The monoisotopic (exact) mass is 418 g/mol. The summed E-state index contributed by atoms with van der Waals surface area (Å²) in [5.41, 5.74) is -1.91. The summed E-state index contributed by atoms with van der Waals surface area (Å²) >= 11 is 2.86.